The molecule has 0 aliphatic heterocycles. The Morgan fingerprint density at radius 3 is 1.46 bits per heavy atom. The first-order valence-electron chi connectivity index (χ1n) is 21.6. The molecule has 0 aromatic rings. The molecule has 0 N–H and O–H groups in total. The minimum atomic E-state index is -0.376. The summed E-state index contributed by atoms with van der Waals surface area (Å²) in [5, 5.41) is 0. The maximum atomic E-state index is 13.1. The Labute approximate surface area is 329 Å². The van der Waals surface area contributed by atoms with Crippen LogP contribution in [-0.2, 0) is 28.7 Å². The van der Waals surface area contributed by atoms with E-state index >= 15 is 0 Å². The highest BCUT2D eigenvalue weighted by Gasteiger charge is 2.24. The highest BCUT2D eigenvalue weighted by atomic mass is 32.2. The molecule has 0 aliphatic carbocycles. The third-order valence-electron chi connectivity index (χ3n) is 9.59. The number of unbranched alkanes of at least 4 members (excludes halogenated alkanes) is 16. The van der Waals surface area contributed by atoms with Gasteiger partial charge in [0, 0.05) is 26.3 Å². The summed E-state index contributed by atoms with van der Waals surface area (Å²) in [6.45, 7) is 9.57. The molecular weight excluding hydrogens is 691 g/mol. The Kier molecular flexibility index (Phi) is 37.2. The molecule has 0 aromatic heterocycles. The third kappa shape index (κ3) is 32.2. The number of nitrogens with zero attached hydrogens (tertiary/aromatic N) is 1. The lowest BCUT2D eigenvalue weighted by Crippen LogP contribution is -2.38. The lowest BCUT2D eigenvalue weighted by Gasteiger charge is -2.22. The van der Waals surface area contributed by atoms with Crippen LogP contribution in [0.2, 0.25) is 0 Å². The molecule has 7 nitrogen and oxygen atoms in total. The number of likely N-dealkylation sites (N-methyl/N-ethyl adjacent to an activating group) is 1. The van der Waals surface area contributed by atoms with E-state index in [1.165, 1.54) is 81.9 Å². The van der Waals surface area contributed by atoms with Gasteiger partial charge in [-0.25, -0.2) is 0 Å². The van der Waals surface area contributed by atoms with Gasteiger partial charge < -0.3 is 14.4 Å². The molecule has 1 unspecified atom stereocenters. The zero-order chi connectivity index (χ0) is 38.5. The Hall–Kier alpha value is -1.22. The molecule has 0 spiro atoms. The van der Waals surface area contributed by atoms with Gasteiger partial charge in [0.1, 0.15) is 16.9 Å². The standard InChI is InChI=1S/C43H81NO6S2/c1-6-10-14-16-17-21-29-38(28-20-15-11-7-2)36-40(46)49-32-24-18-22-30-39(45)31-23-19-25-33-50-41(47)37-44(5)42(48)43(51-34-26-12-8-3)52-35-27-13-9-4/h38,43H,6-37H2,1-5H3. The summed E-state index contributed by atoms with van der Waals surface area (Å²) in [6, 6.07) is 0. The predicted octanol–water partition coefficient (Wildman–Crippen LogP) is 12.1. The number of thioether (sulfide) groups is 2. The Morgan fingerprint density at radius 1 is 0.519 bits per heavy atom. The molecule has 0 aliphatic rings. The molecule has 306 valence electrons. The van der Waals surface area contributed by atoms with Crippen LogP contribution in [0.15, 0.2) is 0 Å². The second kappa shape index (κ2) is 38.1. The molecule has 0 heterocycles. The van der Waals surface area contributed by atoms with Crippen LogP contribution < -0.4 is 0 Å². The van der Waals surface area contributed by atoms with Crippen LogP contribution in [-0.4, -0.2) is 71.4 Å². The molecule has 1 atom stereocenters. The van der Waals surface area contributed by atoms with Gasteiger partial charge in [0.25, 0.3) is 0 Å². The third-order valence-corrected chi connectivity index (χ3v) is 12.5. The zero-order valence-electron chi connectivity index (χ0n) is 34.5. The van der Waals surface area contributed by atoms with Crippen molar-refractivity contribution >= 4 is 47.2 Å². The Balaban J connectivity index is 4.10. The first-order chi connectivity index (χ1) is 25.3. The van der Waals surface area contributed by atoms with Crippen molar-refractivity contribution in [3.63, 3.8) is 0 Å². The zero-order valence-corrected chi connectivity index (χ0v) is 36.1. The summed E-state index contributed by atoms with van der Waals surface area (Å²) in [6.07, 6.45) is 28.3. The van der Waals surface area contributed by atoms with Gasteiger partial charge >= 0.3 is 11.9 Å². The second-order valence-corrected chi connectivity index (χ2v) is 17.5. The lowest BCUT2D eigenvalue weighted by molar-refractivity contribution is -0.148. The van der Waals surface area contributed by atoms with E-state index in [1.54, 1.807) is 30.6 Å². The average Bonchev–Trinajstić information content (AvgIpc) is 3.13. The number of ketones is 1. The van der Waals surface area contributed by atoms with Crippen LogP contribution in [0.3, 0.4) is 0 Å². The Bertz CT molecular complexity index is 861. The number of hydrogen-bond donors (Lipinski definition) is 0. The molecule has 0 aromatic carbocycles. The van der Waals surface area contributed by atoms with Crippen LogP contribution in [0.4, 0.5) is 0 Å². The first-order valence-corrected chi connectivity index (χ1v) is 23.7. The fourth-order valence-electron chi connectivity index (χ4n) is 6.19. The number of hydrogen-bond acceptors (Lipinski definition) is 8. The summed E-state index contributed by atoms with van der Waals surface area (Å²) < 4.78 is 10.8. The van der Waals surface area contributed by atoms with Gasteiger partial charge in [-0.1, -0.05) is 118 Å². The topological polar surface area (TPSA) is 90.0 Å². The van der Waals surface area contributed by atoms with Crippen LogP contribution in [0.5, 0.6) is 0 Å². The summed E-state index contributed by atoms with van der Waals surface area (Å²) in [7, 11) is 1.69. The number of esters is 2. The minimum absolute atomic E-state index is 0.00445. The van der Waals surface area contributed by atoms with Crippen molar-refractivity contribution < 1.29 is 28.7 Å². The SMILES string of the molecule is CCCCCCCCC(CCCCCC)CC(=O)OCCCCCC(=O)CCCCCOC(=O)CN(C)C(=O)C(SCCCCC)SCCCCC. The van der Waals surface area contributed by atoms with Gasteiger partial charge in [-0.2, -0.15) is 0 Å². The normalized spacial score (nSPS) is 11.9. The van der Waals surface area contributed by atoms with Crippen molar-refractivity contribution in [2.75, 3.05) is 38.3 Å². The molecule has 52 heavy (non-hydrogen) atoms. The molecule has 0 saturated heterocycles. The highest BCUT2D eigenvalue weighted by Crippen LogP contribution is 2.28. The molecule has 0 rings (SSSR count). The van der Waals surface area contributed by atoms with E-state index in [1.807, 2.05) is 0 Å². The maximum absolute atomic E-state index is 13.1. The number of carbonyl (C=O) groups is 4. The van der Waals surface area contributed by atoms with Gasteiger partial charge in [-0.05, 0) is 81.6 Å². The average molecular weight is 772 g/mol. The van der Waals surface area contributed by atoms with Gasteiger partial charge in [-0.3, -0.25) is 19.2 Å². The quantitative estimate of drug-likeness (QED) is 0.0347. The van der Waals surface area contributed by atoms with Crippen molar-refractivity contribution in [1.82, 2.24) is 4.90 Å². The smallest absolute Gasteiger partial charge is 0.325 e. The number of ether oxygens (including phenoxy) is 2. The van der Waals surface area contributed by atoms with Crippen LogP contribution in [0.1, 0.15) is 201 Å². The fourth-order valence-corrected chi connectivity index (χ4v) is 8.96. The Morgan fingerprint density at radius 2 is 0.942 bits per heavy atom. The summed E-state index contributed by atoms with van der Waals surface area (Å²) in [5.74, 6) is 2.20. The fraction of sp³-hybridized carbons (Fsp3) is 0.907. The predicted molar refractivity (Wildman–Crippen MR) is 224 cm³/mol. The van der Waals surface area contributed by atoms with Gasteiger partial charge in [-0.15, -0.1) is 23.5 Å². The summed E-state index contributed by atoms with van der Waals surface area (Å²) in [5.41, 5.74) is 0. The van der Waals surface area contributed by atoms with Crippen molar-refractivity contribution in [2.24, 2.45) is 5.92 Å². The van der Waals surface area contributed by atoms with E-state index in [4.69, 9.17) is 9.47 Å². The highest BCUT2D eigenvalue weighted by molar-refractivity contribution is 8.18. The first kappa shape index (κ1) is 50.8. The monoisotopic (exact) mass is 772 g/mol. The molecule has 0 radical (unpaired) electrons. The van der Waals surface area contributed by atoms with Gasteiger partial charge in [0.15, 0.2) is 0 Å². The van der Waals surface area contributed by atoms with Crippen molar-refractivity contribution in [2.45, 2.75) is 206 Å². The number of rotatable bonds is 39. The van der Waals surface area contributed by atoms with E-state index in [0.29, 0.717) is 44.8 Å². The number of carbonyl (C=O) groups excluding carboxylic acids is 4. The van der Waals surface area contributed by atoms with Crippen molar-refractivity contribution in [3.8, 4) is 0 Å². The van der Waals surface area contributed by atoms with Crippen LogP contribution in [0, 0.1) is 5.92 Å². The molecular formula is C43H81NO6S2. The van der Waals surface area contributed by atoms with E-state index in [0.717, 1.165) is 82.1 Å². The molecule has 0 fully saturated rings. The molecule has 0 saturated carbocycles. The molecule has 9 heteroatoms. The van der Waals surface area contributed by atoms with E-state index in [-0.39, 0.29) is 34.8 Å². The minimum Gasteiger partial charge on any atom is -0.466 e. The van der Waals surface area contributed by atoms with E-state index in [9.17, 15) is 19.2 Å². The van der Waals surface area contributed by atoms with E-state index < -0.39 is 0 Å². The lowest BCUT2D eigenvalue weighted by atomic mass is 9.91. The summed E-state index contributed by atoms with van der Waals surface area (Å²) in [4.78, 5) is 52.0. The molecule has 1 amide bonds. The summed E-state index contributed by atoms with van der Waals surface area (Å²) >= 11 is 3.41. The maximum Gasteiger partial charge on any atom is 0.325 e. The van der Waals surface area contributed by atoms with Crippen LogP contribution in [0.25, 0.3) is 0 Å². The largest absolute Gasteiger partial charge is 0.466 e. The molecule has 0 bridgehead atoms. The number of amides is 1. The van der Waals surface area contributed by atoms with Gasteiger partial charge in [0.2, 0.25) is 5.91 Å². The second-order valence-electron chi connectivity index (χ2n) is 14.8. The van der Waals surface area contributed by atoms with Crippen molar-refractivity contribution in [3.05, 3.63) is 0 Å². The number of Topliss-reactive ketones (excluding diaryl/α,β-unsaturated/α-hetero) is 1. The van der Waals surface area contributed by atoms with Gasteiger partial charge in [0.05, 0.1) is 13.2 Å². The van der Waals surface area contributed by atoms with Crippen LogP contribution >= 0.6 is 23.5 Å². The van der Waals surface area contributed by atoms with E-state index in [2.05, 4.69) is 27.7 Å². The van der Waals surface area contributed by atoms with Crippen molar-refractivity contribution in [1.29, 1.82) is 0 Å².